The average molecular weight is 646 g/mol. The number of carbonyl (C=O) groups excluding carboxylic acids is 1. The maximum atomic E-state index is 12.2. The van der Waals surface area contributed by atoms with Crippen LogP contribution in [0.4, 0.5) is 0 Å². The van der Waals surface area contributed by atoms with Crippen LogP contribution in [0, 0.1) is 5.41 Å². The van der Waals surface area contributed by atoms with Gasteiger partial charge in [-0.05, 0) is 33.1 Å². The first kappa shape index (κ1) is 22.2. The lowest BCUT2D eigenvalue weighted by Crippen LogP contribution is -2.49. The molecule has 27 heavy (non-hydrogen) atoms. The van der Waals surface area contributed by atoms with Crippen molar-refractivity contribution in [2.24, 2.45) is 5.41 Å². The van der Waals surface area contributed by atoms with Crippen molar-refractivity contribution < 1.29 is 34.7 Å². The van der Waals surface area contributed by atoms with Crippen molar-refractivity contribution >= 4 is 67.2 Å². The van der Waals surface area contributed by atoms with Crippen LogP contribution < -0.4 is 0 Å². The molecular formula is C15H20I2O8S2. The highest BCUT2D eigenvalue weighted by atomic mass is 127. The molecule has 1 spiro atoms. The molecule has 0 amide bonds. The van der Waals surface area contributed by atoms with Crippen molar-refractivity contribution in [3.63, 3.8) is 0 Å². The van der Waals surface area contributed by atoms with E-state index in [2.05, 4.69) is 6.58 Å². The van der Waals surface area contributed by atoms with Gasteiger partial charge in [-0.15, -0.1) is 0 Å². The molecule has 154 valence electrons. The van der Waals surface area contributed by atoms with Crippen LogP contribution in [0.2, 0.25) is 0 Å². The molecule has 3 saturated carbocycles. The van der Waals surface area contributed by atoms with Crippen LogP contribution in [0.15, 0.2) is 12.2 Å². The summed E-state index contributed by atoms with van der Waals surface area (Å²) in [6, 6.07) is 0. The van der Waals surface area contributed by atoms with Gasteiger partial charge in [0.2, 0.25) is 0 Å². The van der Waals surface area contributed by atoms with Gasteiger partial charge in [0.25, 0.3) is 10.1 Å². The number of hydrogen-bond donors (Lipinski definition) is 0. The summed E-state index contributed by atoms with van der Waals surface area (Å²) in [4.78, 5) is 12.2. The van der Waals surface area contributed by atoms with E-state index in [1.54, 1.807) is 29.5 Å². The number of esters is 1. The molecule has 12 heteroatoms. The van der Waals surface area contributed by atoms with E-state index < -0.39 is 45.6 Å². The third-order valence-corrected chi connectivity index (χ3v) is 9.79. The van der Waals surface area contributed by atoms with Gasteiger partial charge in [-0.1, -0.05) is 29.2 Å². The monoisotopic (exact) mass is 646 g/mol. The molecule has 0 aromatic heterocycles. The Balaban J connectivity index is 1.98. The summed E-state index contributed by atoms with van der Waals surface area (Å²) < 4.78 is 64.2. The molecule has 3 aliphatic rings. The number of alkyl halides is 1. The highest BCUT2D eigenvalue weighted by Gasteiger charge is 2.83. The van der Waals surface area contributed by atoms with Gasteiger partial charge in [-0.25, -0.2) is 4.79 Å². The van der Waals surface area contributed by atoms with Gasteiger partial charge in [0.1, 0.15) is 30.6 Å². The zero-order chi connectivity index (χ0) is 20.5. The maximum Gasteiger partial charge on any atom is 0.333 e. The van der Waals surface area contributed by atoms with E-state index in [1.165, 1.54) is 28.1 Å². The summed E-state index contributed by atoms with van der Waals surface area (Å²) in [5.74, 6) is -0.597. The normalized spacial score (nSPS) is 40.3. The average Bonchev–Trinajstić information content (AvgIpc) is 2.89. The van der Waals surface area contributed by atoms with Gasteiger partial charge in [0, 0.05) is 23.8 Å². The SMILES string of the molecule is C=C(C)C(=O)OC12CC(C)(OS(=O)(=O)CI)CC3(C1)CC3(OS(=O)(=O)I)C2. The molecule has 0 radical (unpaired) electrons. The largest absolute Gasteiger partial charge is 0.455 e. The van der Waals surface area contributed by atoms with E-state index in [4.69, 9.17) is 13.1 Å². The molecular weight excluding hydrogens is 626 g/mol. The number of rotatable bonds is 7. The second-order valence-electron chi connectivity index (χ2n) is 8.19. The molecule has 8 nitrogen and oxygen atoms in total. The van der Waals surface area contributed by atoms with Crippen LogP contribution in [-0.2, 0) is 35.3 Å². The Hall–Kier alpha value is 0.490. The third-order valence-electron chi connectivity index (χ3n) is 5.52. The van der Waals surface area contributed by atoms with Crippen molar-refractivity contribution in [3.8, 4) is 0 Å². The highest BCUT2D eigenvalue weighted by molar-refractivity contribution is 14.2. The standard InChI is InChI=1S/C15H20I2O8S2/c1-10(2)11(18)23-14-5-12(3,24-26(19,20)9-16)4-13(6-14)7-15(13,8-14)25-27(17,21)22/h1,4-9H2,2-3H3. The van der Waals surface area contributed by atoms with E-state index in [1.807, 2.05) is 0 Å². The molecule has 3 rings (SSSR count). The predicted octanol–water partition coefficient (Wildman–Crippen LogP) is 2.76. The van der Waals surface area contributed by atoms with Crippen molar-refractivity contribution in [2.75, 3.05) is 3.76 Å². The van der Waals surface area contributed by atoms with E-state index in [0.717, 1.165) is 0 Å². The molecule has 0 N–H and O–H groups in total. The summed E-state index contributed by atoms with van der Waals surface area (Å²) in [5.41, 5.74) is -3.55. The molecule has 3 aliphatic carbocycles. The molecule has 2 bridgehead atoms. The Morgan fingerprint density at radius 2 is 1.70 bits per heavy atom. The minimum Gasteiger partial charge on any atom is -0.455 e. The Kier molecular flexibility index (Phi) is 5.33. The topological polar surface area (TPSA) is 113 Å². The summed E-state index contributed by atoms with van der Waals surface area (Å²) >= 11 is 2.94. The number of hydrogen-bond acceptors (Lipinski definition) is 8. The molecule has 0 aliphatic heterocycles. The molecule has 3 fully saturated rings. The molecule has 0 aromatic carbocycles. The van der Waals surface area contributed by atoms with Gasteiger partial charge in [-0.2, -0.15) is 16.8 Å². The number of carbonyl (C=O) groups is 1. The summed E-state index contributed by atoms with van der Waals surface area (Å²) in [6.07, 6.45) is 1.51. The predicted molar refractivity (Wildman–Crippen MR) is 113 cm³/mol. The first-order valence-electron chi connectivity index (χ1n) is 8.12. The van der Waals surface area contributed by atoms with Crippen LogP contribution >= 0.6 is 43.8 Å². The Morgan fingerprint density at radius 3 is 2.22 bits per heavy atom. The second-order valence-corrected chi connectivity index (χ2v) is 15.7. The maximum absolute atomic E-state index is 12.2. The highest BCUT2D eigenvalue weighted by Crippen LogP contribution is 2.79. The Bertz CT molecular complexity index is 916. The fraction of sp³-hybridized carbons (Fsp3) is 0.800. The van der Waals surface area contributed by atoms with Gasteiger partial charge >= 0.3 is 13.3 Å². The minimum atomic E-state index is -3.77. The van der Waals surface area contributed by atoms with E-state index in [9.17, 15) is 21.6 Å². The smallest absolute Gasteiger partial charge is 0.333 e. The third kappa shape index (κ3) is 4.20. The first-order chi connectivity index (χ1) is 12.1. The number of fused-ring (bicyclic) bond motifs is 1. The lowest BCUT2D eigenvalue weighted by Gasteiger charge is -2.44. The summed E-state index contributed by atoms with van der Waals surface area (Å²) in [5, 5.41) is 0. The quantitative estimate of drug-likeness (QED) is 0.104. The van der Waals surface area contributed by atoms with Crippen LogP contribution in [-0.4, -0.2) is 43.4 Å². The van der Waals surface area contributed by atoms with Gasteiger partial charge < -0.3 is 4.74 Å². The lowest BCUT2D eigenvalue weighted by atomic mass is 9.72. The van der Waals surface area contributed by atoms with Gasteiger partial charge in [-0.3, -0.25) is 8.37 Å². The van der Waals surface area contributed by atoms with Crippen LogP contribution in [0.3, 0.4) is 0 Å². The molecule has 0 heterocycles. The van der Waals surface area contributed by atoms with Crippen LogP contribution in [0.5, 0.6) is 0 Å². The summed E-state index contributed by atoms with van der Waals surface area (Å²) in [6.45, 7) is 6.76. The van der Waals surface area contributed by atoms with E-state index in [0.29, 0.717) is 19.3 Å². The number of ether oxygens (including phenoxy) is 1. The summed E-state index contributed by atoms with van der Waals surface area (Å²) in [7, 11) is -7.53. The van der Waals surface area contributed by atoms with Crippen molar-refractivity contribution in [3.05, 3.63) is 12.2 Å². The molecule has 0 saturated heterocycles. The first-order valence-corrected chi connectivity index (χ1v) is 15.2. The number of halogens is 2. The van der Waals surface area contributed by atoms with Gasteiger partial charge in [0.05, 0.1) is 11.2 Å². The molecule has 4 atom stereocenters. The van der Waals surface area contributed by atoms with Crippen LogP contribution in [0.25, 0.3) is 0 Å². The van der Waals surface area contributed by atoms with Crippen molar-refractivity contribution in [1.29, 1.82) is 0 Å². The van der Waals surface area contributed by atoms with Crippen molar-refractivity contribution in [1.82, 2.24) is 0 Å². The van der Waals surface area contributed by atoms with E-state index >= 15 is 0 Å². The fourth-order valence-electron chi connectivity index (χ4n) is 5.16. The molecule has 4 unspecified atom stereocenters. The Labute approximate surface area is 184 Å². The van der Waals surface area contributed by atoms with Crippen LogP contribution in [0.1, 0.15) is 46.0 Å². The minimum absolute atomic E-state index is 0.142. The van der Waals surface area contributed by atoms with Gasteiger partial charge in [0.15, 0.2) is 0 Å². The zero-order valence-electron chi connectivity index (χ0n) is 14.8. The lowest BCUT2D eigenvalue weighted by molar-refractivity contribution is -0.167. The fourth-order valence-corrected chi connectivity index (χ4v) is 8.03. The Morgan fingerprint density at radius 1 is 1.07 bits per heavy atom. The molecule has 0 aromatic rings. The second kappa shape index (κ2) is 6.49. The van der Waals surface area contributed by atoms with Crippen molar-refractivity contribution in [2.45, 2.75) is 62.8 Å². The van der Waals surface area contributed by atoms with E-state index in [-0.39, 0.29) is 22.2 Å². The zero-order valence-corrected chi connectivity index (χ0v) is 20.7.